The fraction of sp³-hybridized carbons (Fsp3) is 0.743. The summed E-state index contributed by atoms with van der Waals surface area (Å²) in [6, 6.07) is -3.28. The molecule has 0 radical (unpaired) electrons. The number of nitrogens with one attached hydrogen (secondary N) is 3. The predicted molar refractivity (Wildman–Crippen MR) is 179 cm³/mol. The number of rotatable bonds is 15. The first-order valence-corrected chi connectivity index (χ1v) is 18.5. The van der Waals surface area contributed by atoms with Crippen molar-refractivity contribution in [1.82, 2.24) is 20.3 Å². The topological polar surface area (TPSA) is 159 Å². The van der Waals surface area contributed by atoms with E-state index in [0.29, 0.717) is 25.7 Å². The van der Waals surface area contributed by atoms with Crippen LogP contribution in [-0.2, 0) is 34.0 Å². The summed E-state index contributed by atoms with van der Waals surface area (Å²) in [5.41, 5.74) is -2.58. The molecule has 47 heavy (non-hydrogen) atoms. The molecule has 1 heterocycles. The Balaban J connectivity index is 1.57. The van der Waals surface area contributed by atoms with Gasteiger partial charge in [-0.3, -0.25) is 24.0 Å². The van der Waals surface area contributed by atoms with Crippen LogP contribution in [0.5, 0.6) is 0 Å². The van der Waals surface area contributed by atoms with E-state index in [1.165, 1.54) is 4.90 Å². The van der Waals surface area contributed by atoms with Gasteiger partial charge in [0.25, 0.3) is 5.91 Å². The number of hydrogen-bond acceptors (Lipinski definition) is 7. The molecule has 1 aliphatic heterocycles. The number of carbonyl (C=O) groups excluding carboxylic acids is 5. The maximum Gasteiger partial charge on any atom is 0.289 e. The minimum atomic E-state index is -4.12. The van der Waals surface area contributed by atoms with E-state index in [1.807, 2.05) is 27.7 Å². The highest BCUT2D eigenvalue weighted by Crippen LogP contribution is 2.65. The Labute approximate surface area is 280 Å². The van der Waals surface area contributed by atoms with E-state index < -0.39 is 67.9 Å². The molecule has 3 saturated carbocycles. The Morgan fingerprint density at radius 1 is 1.06 bits per heavy atom. The molecular weight excluding hydrogens is 620 g/mol. The molecule has 4 fully saturated rings. The molecule has 7 atom stereocenters. The quantitative estimate of drug-likeness (QED) is 0.137. The van der Waals surface area contributed by atoms with Crippen LogP contribution in [0.4, 0.5) is 0 Å². The zero-order valence-electron chi connectivity index (χ0n) is 29.1. The smallest absolute Gasteiger partial charge is 0.289 e. The van der Waals surface area contributed by atoms with Gasteiger partial charge in [-0.2, -0.15) is 0 Å². The Morgan fingerprint density at radius 3 is 2.23 bits per heavy atom. The summed E-state index contributed by atoms with van der Waals surface area (Å²) in [5.74, 6) is -3.15. The minimum absolute atomic E-state index is 0.00942. The van der Waals surface area contributed by atoms with Crippen molar-refractivity contribution in [3.8, 4) is 0 Å². The highest BCUT2D eigenvalue weighted by atomic mass is 32.2. The summed E-state index contributed by atoms with van der Waals surface area (Å²) in [7, 11) is -4.12. The molecule has 4 rings (SSSR count). The second-order valence-electron chi connectivity index (χ2n) is 16.4. The lowest BCUT2D eigenvalue weighted by Crippen LogP contribution is -2.61. The van der Waals surface area contributed by atoms with Crippen molar-refractivity contribution in [2.24, 2.45) is 39.4 Å². The summed E-state index contributed by atoms with van der Waals surface area (Å²) in [6.07, 6.45) is 5.90. The fourth-order valence-corrected chi connectivity index (χ4v) is 10.8. The molecule has 0 aromatic heterocycles. The van der Waals surface area contributed by atoms with Gasteiger partial charge >= 0.3 is 0 Å². The number of nitrogens with zero attached hydrogens (tertiary/aromatic N) is 1. The zero-order valence-corrected chi connectivity index (χ0v) is 29.9. The van der Waals surface area contributed by atoms with E-state index in [0.717, 1.165) is 6.42 Å². The number of hydrogen-bond donors (Lipinski definition) is 3. The summed E-state index contributed by atoms with van der Waals surface area (Å²) >= 11 is 0. The average Bonchev–Trinajstić information content (AvgIpc) is 3.23. The van der Waals surface area contributed by atoms with E-state index in [1.54, 1.807) is 32.9 Å². The van der Waals surface area contributed by atoms with Gasteiger partial charge < -0.3 is 15.5 Å². The number of ketones is 2. The molecule has 262 valence electrons. The number of piperidine rings is 1. The van der Waals surface area contributed by atoms with Crippen molar-refractivity contribution in [2.45, 2.75) is 105 Å². The van der Waals surface area contributed by atoms with Crippen LogP contribution in [0.15, 0.2) is 25.3 Å². The van der Waals surface area contributed by atoms with E-state index in [2.05, 4.69) is 28.5 Å². The van der Waals surface area contributed by atoms with Crippen LogP contribution >= 0.6 is 0 Å². The van der Waals surface area contributed by atoms with E-state index in [9.17, 15) is 32.4 Å². The molecule has 4 aliphatic rings. The zero-order chi connectivity index (χ0) is 35.3. The summed E-state index contributed by atoms with van der Waals surface area (Å²) in [6.45, 7) is 21.1. The highest BCUT2D eigenvalue weighted by Gasteiger charge is 2.70. The molecular formula is C35H54N4O7S. The molecule has 3 N–H and O–H groups in total. The van der Waals surface area contributed by atoms with Gasteiger partial charge in [0.15, 0.2) is 0 Å². The minimum Gasteiger partial charge on any atom is -0.349 e. The van der Waals surface area contributed by atoms with Gasteiger partial charge in [0, 0.05) is 24.9 Å². The van der Waals surface area contributed by atoms with Crippen LogP contribution in [0.2, 0.25) is 0 Å². The molecule has 2 bridgehead atoms. The van der Waals surface area contributed by atoms with Crippen LogP contribution in [0, 0.1) is 39.4 Å². The SMILES string of the molecule is C=CCCNC(=O)C(=O)C(CCC=C)NC(=O)[C@@H]1[C@@H]2C(CN1C(=O)[C@@H](NS(=O)(=O)CC13CCC(CC1=O)C3(C)C)C(C)(C)C)C2(C)C. The van der Waals surface area contributed by atoms with Crippen LogP contribution < -0.4 is 15.4 Å². The fourth-order valence-electron chi connectivity index (χ4n) is 8.57. The number of sulfonamides is 1. The lowest BCUT2D eigenvalue weighted by atomic mass is 9.70. The number of likely N-dealkylation sites (tertiary alicyclic amines) is 1. The third-order valence-electron chi connectivity index (χ3n) is 11.9. The molecule has 1 saturated heterocycles. The Kier molecular flexibility index (Phi) is 10.1. The number of Topliss-reactive ketones (excluding diaryl/α,β-unsaturated/α-hetero) is 2. The van der Waals surface area contributed by atoms with Gasteiger partial charge in [0.1, 0.15) is 17.9 Å². The maximum absolute atomic E-state index is 14.4. The van der Waals surface area contributed by atoms with Gasteiger partial charge in [-0.15, -0.1) is 13.2 Å². The normalized spacial score (nSPS) is 29.9. The lowest BCUT2D eigenvalue weighted by molar-refractivity contribution is -0.145. The van der Waals surface area contributed by atoms with Crippen LogP contribution in [0.3, 0.4) is 0 Å². The van der Waals surface area contributed by atoms with Gasteiger partial charge in [-0.1, -0.05) is 60.6 Å². The molecule has 4 unspecified atom stereocenters. The third-order valence-corrected chi connectivity index (χ3v) is 13.4. The standard InChI is InChI=1S/C35H54N4O7S/c1-10-12-14-23(27(41)30(43)36-17-13-11-2)37-29(42)26-25-22(33(25,6)7)19-39(26)31(44)28(32(3,4)5)38-47(45,46)20-35-16-15-21(18-24(35)40)34(35,8)9/h10-11,21-23,25-26,28,38H,1-2,12-20H2,3-9H3,(H,36,43)(H,37,42)/t21?,22?,23?,25-,26-,28+,35?/m0/s1. The monoisotopic (exact) mass is 674 g/mol. The Hall–Kier alpha value is -2.86. The van der Waals surface area contributed by atoms with Crippen molar-refractivity contribution < 1.29 is 32.4 Å². The molecule has 12 heteroatoms. The molecule has 0 aromatic carbocycles. The number of carbonyl (C=O) groups is 5. The first-order valence-electron chi connectivity index (χ1n) is 16.8. The molecule has 0 spiro atoms. The number of amides is 3. The summed E-state index contributed by atoms with van der Waals surface area (Å²) in [5, 5.41) is 5.31. The maximum atomic E-state index is 14.4. The largest absolute Gasteiger partial charge is 0.349 e. The van der Waals surface area contributed by atoms with Gasteiger partial charge in [0.05, 0.1) is 11.8 Å². The second kappa shape index (κ2) is 12.9. The van der Waals surface area contributed by atoms with Crippen molar-refractivity contribution in [1.29, 1.82) is 0 Å². The molecule has 3 amide bonds. The van der Waals surface area contributed by atoms with E-state index in [-0.39, 0.29) is 54.2 Å². The number of allylic oxidation sites excluding steroid dienone is 1. The summed E-state index contributed by atoms with van der Waals surface area (Å²) in [4.78, 5) is 68.7. The van der Waals surface area contributed by atoms with Gasteiger partial charge in [-0.25, -0.2) is 13.1 Å². The lowest BCUT2D eigenvalue weighted by Gasteiger charge is -2.39. The first-order chi connectivity index (χ1) is 21.7. The molecule has 3 aliphatic carbocycles. The van der Waals surface area contributed by atoms with Crippen molar-refractivity contribution in [2.75, 3.05) is 18.8 Å². The first kappa shape index (κ1) is 37.0. The second-order valence-corrected chi connectivity index (χ2v) is 18.1. The van der Waals surface area contributed by atoms with Gasteiger partial charge in [-0.05, 0) is 66.1 Å². The van der Waals surface area contributed by atoms with Crippen molar-refractivity contribution in [3.63, 3.8) is 0 Å². The average molecular weight is 675 g/mol. The van der Waals surface area contributed by atoms with Gasteiger partial charge in [0.2, 0.25) is 27.6 Å². The van der Waals surface area contributed by atoms with Crippen LogP contribution in [-0.4, -0.2) is 79.6 Å². The summed E-state index contributed by atoms with van der Waals surface area (Å²) < 4.78 is 30.4. The Bertz CT molecular complexity index is 1450. The van der Waals surface area contributed by atoms with E-state index >= 15 is 0 Å². The third kappa shape index (κ3) is 6.73. The van der Waals surface area contributed by atoms with Crippen LogP contribution in [0.25, 0.3) is 0 Å². The Morgan fingerprint density at radius 2 is 1.70 bits per heavy atom. The van der Waals surface area contributed by atoms with Crippen molar-refractivity contribution >= 4 is 39.3 Å². The molecule has 11 nitrogen and oxygen atoms in total. The van der Waals surface area contributed by atoms with Crippen molar-refractivity contribution in [3.05, 3.63) is 25.3 Å². The molecule has 0 aromatic rings. The van der Waals surface area contributed by atoms with Crippen LogP contribution in [0.1, 0.15) is 87.0 Å². The van der Waals surface area contributed by atoms with E-state index in [4.69, 9.17) is 0 Å². The number of fused-ring (bicyclic) bond motifs is 3. The highest BCUT2D eigenvalue weighted by molar-refractivity contribution is 7.89. The predicted octanol–water partition coefficient (Wildman–Crippen LogP) is 2.91.